The van der Waals surface area contributed by atoms with Gasteiger partial charge in [-0.3, -0.25) is 0 Å². The maximum absolute atomic E-state index is 2.43. The van der Waals surface area contributed by atoms with E-state index in [0.717, 1.165) is 0 Å². The fraction of sp³-hybridized carbons (Fsp3) is 0.0811. The van der Waals surface area contributed by atoms with E-state index in [-0.39, 0.29) is 5.41 Å². The van der Waals surface area contributed by atoms with Crippen LogP contribution in [0.4, 0.5) is 0 Å². The lowest BCUT2D eigenvalue weighted by molar-refractivity contribution is 0.645. The van der Waals surface area contributed by atoms with Crippen LogP contribution in [0.2, 0.25) is 0 Å². The van der Waals surface area contributed by atoms with Gasteiger partial charge in [-0.1, -0.05) is 117 Å². The van der Waals surface area contributed by atoms with E-state index in [1.165, 1.54) is 76.5 Å². The van der Waals surface area contributed by atoms with E-state index in [9.17, 15) is 0 Å². The third kappa shape index (κ3) is 2.84. The normalized spacial score (nSPS) is 13.9. The van der Waals surface area contributed by atoms with Crippen LogP contribution < -0.4 is 0 Å². The Morgan fingerprint density at radius 3 is 2.00 bits per heavy atom. The molecule has 0 atom stereocenters. The maximum Gasteiger partial charge on any atom is 0.0159 e. The van der Waals surface area contributed by atoms with Crippen LogP contribution in [0.15, 0.2) is 121 Å². The lowest BCUT2D eigenvalue weighted by atomic mass is 9.68. The average Bonchev–Trinajstić information content (AvgIpc) is 2.94. The summed E-state index contributed by atoms with van der Waals surface area (Å²) in [6.45, 7) is 4.73. The van der Waals surface area contributed by atoms with Crippen LogP contribution >= 0.6 is 0 Å². The van der Waals surface area contributed by atoms with Gasteiger partial charge < -0.3 is 0 Å². The smallest absolute Gasteiger partial charge is 0.0159 e. The molecular formula is C37H26. The van der Waals surface area contributed by atoms with Crippen molar-refractivity contribution >= 4 is 43.1 Å². The van der Waals surface area contributed by atoms with E-state index in [1.54, 1.807) is 0 Å². The molecule has 0 amide bonds. The molecule has 0 saturated heterocycles. The minimum Gasteiger partial charge on any atom is -0.0616 e. The average molecular weight is 471 g/mol. The van der Waals surface area contributed by atoms with Crippen molar-refractivity contribution in [3.63, 3.8) is 0 Å². The van der Waals surface area contributed by atoms with Crippen molar-refractivity contribution in [2.75, 3.05) is 0 Å². The molecule has 7 aromatic rings. The first kappa shape index (κ1) is 20.7. The van der Waals surface area contributed by atoms with Gasteiger partial charge in [0.2, 0.25) is 0 Å². The number of hydrogen-bond acceptors (Lipinski definition) is 0. The predicted molar refractivity (Wildman–Crippen MR) is 159 cm³/mol. The van der Waals surface area contributed by atoms with Crippen LogP contribution in [0, 0.1) is 0 Å². The number of rotatable bonds is 1. The first-order chi connectivity index (χ1) is 18.1. The minimum absolute atomic E-state index is 0.0460. The third-order valence-corrected chi connectivity index (χ3v) is 8.62. The molecule has 0 spiro atoms. The van der Waals surface area contributed by atoms with Gasteiger partial charge in [-0.25, -0.2) is 0 Å². The van der Waals surface area contributed by atoms with Gasteiger partial charge in [-0.05, 0) is 94.7 Å². The molecule has 174 valence electrons. The van der Waals surface area contributed by atoms with Crippen LogP contribution in [-0.2, 0) is 5.41 Å². The van der Waals surface area contributed by atoms with E-state index in [2.05, 4.69) is 135 Å². The van der Waals surface area contributed by atoms with Crippen molar-refractivity contribution in [3.05, 3.63) is 132 Å². The zero-order valence-electron chi connectivity index (χ0n) is 21.0. The Labute approximate surface area is 216 Å². The van der Waals surface area contributed by atoms with Gasteiger partial charge >= 0.3 is 0 Å². The molecule has 0 radical (unpaired) electrons. The third-order valence-electron chi connectivity index (χ3n) is 8.62. The van der Waals surface area contributed by atoms with Crippen molar-refractivity contribution < 1.29 is 0 Å². The molecule has 0 heterocycles. The van der Waals surface area contributed by atoms with Gasteiger partial charge in [0.25, 0.3) is 0 Å². The molecule has 0 nitrogen and oxygen atoms in total. The van der Waals surface area contributed by atoms with E-state index in [1.807, 2.05) is 0 Å². The summed E-state index contributed by atoms with van der Waals surface area (Å²) in [6, 6.07) is 45.3. The van der Waals surface area contributed by atoms with E-state index < -0.39 is 0 Å². The molecule has 0 unspecified atom stereocenters. The van der Waals surface area contributed by atoms with E-state index >= 15 is 0 Å². The Hall–Kier alpha value is -4.42. The minimum atomic E-state index is -0.0460. The summed E-state index contributed by atoms with van der Waals surface area (Å²) in [6.07, 6.45) is 0. The molecule has 0 fully saturated rings. The van der Waals surface area contributed by atoms with Crippen LogP contribution in [0.25, 0.3) is 65.3 Å². The summed E-state index contributed by atoms with van der Waals surface area (Å²) in [4.78, 5) is 0. The molecule has 37 heavy (non-hydrogen) atoms. The van der Waals surface area contributed by atoms with E-state index in [4.69, 9.17) is 0 Å². The monoisotopic (exact) mass is 470 g/mol. The van der Waals surface area contributed by atoms with Gasteiger partial charge in [0.15, 0.2) is 0 Å². The van der Waals surface area contributed by atoms with Crippen LogP contribution in [0.5, 0.6) is 0 Å². The summed E-state index contributed by atoms with van der Waals surface area (Å²) in [5.74, 6) is 0. The van der Waals surface area contributed by atoms with Crippen molar-refractivity contribution in [3.8, 4) is 22.3 Å². The van der Waals surface area contributed by atoms with Gasteiger partial charge in [-0.15, -0.1) is 0 Å². The molecule has 0 bridgehead atoms. The molecule has 0 saturated carbocycles. The Bertz CT molecular complexity index is 2050. The number of benzene rings is 7. The lowest BCUT2D eigenvalue weighted by Crippen LogP contribution is -2.23. The van der Waals surface area contributed by atoms with Crippen LogP contribution in [-0.4, -0.2) is 0 Å². The zero-order chi connectivity index (χ0) is 24.7. The predicted octanol–water partition coefficient (Wildman–Crippen LogP) is 10.3. The van der Waals surface area contributed by atoms with Crippen LogP contribution in [0.3, 0.4) is 0 Å². The summed E-state index contributed by atoms with van der Waals surface area (Å²) >= 11 is 0. The number of hydrogen-bond donors (Lipinski definition) is 0. The topological polar surface area (TPSA) is 0 Å². The second-order valence-electron chi connectivity index (χ2n) is 11.0. The zero-order valence-corrected chi connectivity index (χ0v) is 21.0. The molecule has 0 aromatic heterocycles. The molecule has 0 aliphatic heterocycles. The molecule has 1 aliphatic rings. The van der Waals surface area contributed by atoms with Crippen molar-refractivity contribution in [1.82, 2.24) is 0 Å². The Morgan fingerprint density at radius 2 is 1.11 bits per heavy atom. The Morgan fingerprint density at radius 1 is 0.405 bits per heavy atom. The van der Waals surface area contributed by atoms with Gasteiger partial charge in [0.05, 0.1) is 0 Å². The molecule has 8 rings (SSSR count). The molecule has 0 heteroatoms. The quantitative estimate of drug-likeness (QED) is 0.165. The molecular weight excluding hydrogens is 444 g/mol. The lowest BCUT2D eigenvalue weighted by Gasteiger charge is -2.35. The van der Waals surface area contributed by atoms with Gasteiger partial charge in [0.1, 0.15) is 0 Å². The molecule has 1 aliphatic carbocycles. The second-order valence-corrected chi connectivity index (χ2v) is 11.0. The number of fused-ring (bicyclic) bond motifs is 6. The maximum atomic E-state index is 2.43. The Kier molecular flexibility index (Phi) is 4.10. The van der Waals surface area contributed by atoms with Gasteiger partial charge in [0, 0.05) is 5.41 Å². The van der Waals surface area contributed by atoms with E-state index in [0.29, 0.717) is 0 Å². The highest BCUT2D eigenvalue weighted by molar-refractivity contribution is 6.14. The summed E-state index contributed by atoms with van der Waals surface area (Å²) in [7, 11) is 0. The highest BCUT2D eigenvalue weighted by atomic mass is 14.4. The largest absolute Gasteiger partial charge is 0.0616 e. The fourth-order valence-corrected chi connectivity index (χ4v) is 6.74. The molecule has 0 N–H and O–H groups in total. The fourth-order valence-electron chi connectivity index (χ4n) is 6.74. The summed E-state index contributed by atoms with van der Waals surface area (Å²) in [5, 5.41) is 10.5. The first-order valence-corrected chi connectivity index (χ1v) is 13.1. The first-order valence-electron chi connectivity index (χ1n) is 13.1. The van der Waals surface area contributed by atoms with Crippen LogP contribution in [0.1, 0.15) is 25.0 Å². The Balaban J connectivity index is 1.42. The van der Waals surface area contributed by atoms with Crippen molar-refractivity contribution in [1.29, 1.82) is 0 Å². The highest BCUT2D eigenvalue weighted by Crippen LogP contribution is 2.49. The second kappa shape index (κ2) is 7.31. The van der Waals surface area contributed by atoms with Crippen molar-refractivity contribution in [2.24, 2.45) is 0 Å². The molecule has 7 aromatic carbocycles. The highest BCUT2D eigenvalue weighted by Gasteiger charge is 2.33. The summed E-state index contributed by atoms with van der Waals surface area (Å²) in [5.41, 5.74) is 8.05. The standard InChI is InChI=1S/C37H26/c1-37(2)34-19-18-27(21-33(34)30-14-5-9-24-10-7-15-35(37)36(24)30)29-13-6-11-25-20-26-17-16-23-8-3-4-12-28(23)32(26)22-31(25)29/h3-22H,1-2H3. The van der Waals surface area contributed by atoms with Crippen molar-refractivity contribution in [2.45, 2.75) is 19.3 Å². The summed E-state index contributed by atoms with van der Waals surface area (Å²) < 4.78 is 0. The SMILES string of the molecule is CC1(C)c2ccc(-c3cccc4cc5ccc6ccccc6c5cc34)cc2-c2cccc3cccc1c23. The van der Waals surface area contributed by atoms with Gasteiger partial charge in [-0.2, -0.15) is 0 Å².